The fourth-order valence-corrected chi connectivity index (χ4v) is 5.71. The third-order valence-corrected chi connectivity index (χ3v) is 7.50. The summed E-state index contributed by atoms with van der Waals surface area (Å²) < 4.78 is 34.7. The number of carbonyl (C=O) groups is 2. The van der Waals surface area contributed by atoms with E-state index in [4.69, 9.17) is 23.7 Å². The number of fused-ring (bicyclic) bond motifs is 1. The Morgan fingerprint density at radius 3 is 2.41 bits per heavy atom. The summed E-state index contributed by atoms with van der Waals surface area (Å²) in [5, 5.41) is 0. The van der Waals surface area contributed by atoms with E-state index in [2.05, 4.69) is 9.73 Å². The van der Waals surface area contributed by atoms with Crippen molar-refractivity contribution in [1.82, 2.24) is 4.57 Å². The second kappa shape index (κ2) is 14.3. The molecule has 0 saturated heterocycles. The molecule has 44 heavy (non-hydrogen) atoms. The van der Waals surface area contributed by atoms with E-state index in [1.807, 2.05) is 26.8 Å². The van der Waals surface area contributed by atoms with Crippen LogP contribution in [0.15, 0.2) is 57.5 Å². The van der Waals surface area contributed by atoms with Crippen LogP contribution in [-0.2, 0) is 19.1 Å². The van der Waals surface area contributed by atoms with Gasteiger partial charge in [-0.2, -0.15) is 0 Å². The van der Waals surface area contributed by atoms with Crippen LogP contribution < -0.4 is 33.8 Å². The normalized spacial score (nSPS) is 14.5. The van der Waals surface area contributed by atoms with Gasteiger partial charge in [0, 0.05) is 0 Å². The first-order valence-electron chi connectivity index (χ1n) is 14.1. The number of ether oxygens (including phenoxy) is 6. The van der Waals surface area contributed by atoms with Crippen molar-refractivity contribution >= 4 is 29.4 Å². The fraction of sp³-hybridized carbons (Fsp3) is 0.375. The van der Waals surface area contributed by atoms with Gasteiger partial charge in [0.1, 0.15) is 0 Å². The minimum Gasteiger partial charge on any atom is -0.493 e. The van der Waals surface area contributed by atoms with E-state index < -0.39 is 18.0 Å². The summed E-state index contributed by atoms with van der Waals surface area (Å²) in [6.07, 6.45) is 1.72. The van der Waals surface area contributed by atoms with Gasteiger partial charge < -0.3 is 28.4 Å². The first-order chi connectivity index (χ1) is 21.1. The molecule has 1 aliphatic rings. The topological polar surface area (TPSA) is 124 Å². The van der Waals surface area contributed by atoms with Crippen LogP contribution in [0.2, 0.25) is 0 Å². The van der Waals surface area contributed by atoms with E-state index in [9.17, 15) is 14.4 Å². The molecular weight excluding hydrogens is 588 g/mol. The van der Waals surface area contributed by atoms with Crippen LogP contribution >= 0.6 is 11.3 Å². The van der Waals surface area contributed by atoms with Gasteiger partial charge in [0.2, 0.25) is 0 Å². The van der Waals surface area contributed by atoms with Gasteiger partial charge in [-0.25, -0.2) is 14.6 Å². The maximum absolute atomic E-state index is 14.0. The molecule has 0 aliphatic carbocycles. The molecule has 11 nitrogen and oxygen atoms in total. The quantitative estimate of drug-likeness (QED) is 0.278. The third-order valence-electron chi connectivity index (χ3n) is 6.52. The lowest BCUT2D eigenvalue weighted by molar-refractivity contribution is -0.143. The average molecular weight is 625 g/mol. The van der Waals surface area contributed by atoms with Crippen LogP contribution in [0.25, 0.3) is 6.08 Å². The molecule has 1 aliphatic heterocycles. The number of carbonyl (C=O) groups excluding carboxylic acids is 2. The molecule has 2 heterocycles. The van der Waals surface area contributed by atoms with E-state index in [0.717, 1.165) is 5.56 Å². The predicted molar refractivity (Wildman–Crippen MR) is 164 cm³/mol. The standard InChI is InChI=1S/C32H36N2O9S/c1-8-40-25-16-21(11-13-22(25)42-17-27(35)39-7)29-28(31(37)41-9-2)19(5)33-32-34(29)30(36)26(44-32)15-20-10-12-23(43-18(3)4)24(14-20)38-6/h10-16,18,29H,8-9,17H2,1-7H3/b26-15-/t29-/m0/s1. The van der Waals surface area contributed by atoms with Gasteiger partial charge in [0.05, 0.1) is 55.4 Å². The highest BCUT2D eigenvalue weighted by Gasteiger charge is 2.34. The number of hydrogen-bond donors (Lipinski definition) is 0. The van der Waals surface area contributed by atoms with Crippen LogP contribution in [-0.4, -0.2) is 56.6 Å². The number of rotatable bonds is 12. The molecule has 0 fully saturated rings. The van der Waals surface area contributed by atoms with E-state index in [1.165, 1.54) is 23.0 Å². The first-order valence-corrected chi connectivity index (χ1v) is 14.9. The predicted octanol–water partition coefficient (Wildman–Crippen LogP) is 3.54. The largest absolute Gasteiger partial charge is 0.493 e. The highest BCUT2D eigenvalue weighted by Crippen LogP contribution is 2.36. The van der Waals surface area contributed by atoms with Gasteiger partial charge in [-0.3, -0.25) is 9.36 Å². The minimum atomic E-state index is -0.863. The number of nitrogens with zero attached hydrogens (tertiary/aromatic N) is 2. The van der Waals surface area contributed by atoms with E-state index in [-0.39, 0.29) is 30.5 Å². The van der Waals surface area contributed by atoms with Crippen molar-refractivity contribution in [3.63, 3.8) is 0 Å². The molecule has 0 bridgehead atoms. The van der Waals surface area contributed by atoms with Crippen LogP contribution in [0.5, 0.6) is 23.0 Å². The van der Waals surface area contributed by atoms with Gasteiger partial charge in [0.15, 0.2) is 34.4 Å². The summed E-state index contributed by atoms with van der Waals surface area (Å²) in [5.41, 5.74) is 1.63. The summed E-state index contributed by atoms with van der Waals surface area (Å²) in [7, 11) is 2.83. The lowest BCUT2D eigenvalue weighted by Crippen LogP contribution is -2.40. The molecule has 0 spiro atoms. The summed E-state index contributed by atoms with van der Waals surface area (Å²) in [6, 6.07) is 9.60. The zero-order valence-electron chi connectivity index (χ0n) is 25.8. The molecule has 234 valence electrons. The smallest absolute Gasteiger partial charge is 0.343 e. The molecule has 3 aromatic rings. The molecule has 12 heteroatoms. The monoisotopic (exact) mass is 624 g/mol. The van der Waals surface area contributed by atoms with Crippen molar-refractivity contribution in [2.24, 2.45) is 4.99 Å². The number of esters is 2. The Hall–Kier alpha value is -4.58. The minimum absolute atomic E-state index is 0.0352. The second-order valence-corrected chi connectivity index (χ2v) is 10.9. The average Bonchev–Trinajstić information content (AvgIpc) is 3.29. The summed E-state index contributed by atoms with van der Waals surface area (Å²) in [5.74, 6) is 0.653. The van der Waals surface area contributed by atoms with Crippen LogP contribution in [0.4, 0.5) is 0 Å². The van der Waals surface area contributed by atoms with Crippen molar-refractivity contribution in [3.05, 3.63) is 78.5 Å². The zero-order valence-corrected chi connectivity index (χ0v) is 26.6. The Balaban J connectivity index is 1.87. The first kappa shape index (κ1) is 32.3. The van der Waals surface area contributed by atoms with Crippen LogP contribution in [0.1, 0.15) is 51.8 Å². The Morgan fingerprint density at radius 2 is 1.75 bits per heavy atom. The molecule has 0 saturated carbocycles. The lowest BCUT2D eigenvalue weighted by Gasteiger charge is -2.25. The fourth-order valence-electron chi connectivity index (χ4n) is 4.66. The molecule has 0 N–H and O–H groups in total. The summed E-state index contributed by atoms with van der Waals surface area (Å²) in [4.78, 5) is 44.1. The molecule has 1 atom stereocenters. The number of hydrogen-bond acceptors (Lipinski definition) is 11. The van der Waals surface area contributed by atoms with Gasteiger partial charge in [-0.05, 0) is 76.1 Å². The Bertz CT molecular complexity index is 1750. The highest BCUT2D eigenvalue weighted by atomic mass is 32.1. The molecule has 2 aromatic carbocycles. The number of aromatic nitrogens is 1. The van der Waals surface area contributed by atoms with Crippen molar-refractivity contribution in [1.29, 1.82) is 0 Å². The summed E-state index contributed by atoms with van der Waals surface area (Å²) in [6.45, 7) is 9.24. The maximum Gasteiger partial charge on any atom is 0.343 e. The van der Waals surface area contributed by atoms with Crippen molar-refractivity contribution in [2.45, 2.75) is 46.8 Å². The van der Waals surface area contributed by atoms with Crippen molar-refractivity contribution in [3.8, 4) is 23.0 Å². The number of allylic oxidation sites excluding steroid dienone is 1. The van der Waals surface area contributed by atoms with E-state index in [1.54, 1.807) is 57.4 Å². The maximum atomic E-state index is 14.0. The number of thiazole rings is 1. The van der Waals surface area contributed by atoms with Gasteiger partial charge in [-0.1, -0.05) is 23.5 Å². The molecule has 4 rings (SSSR count). The molecular formula is C32H36N2O9S. The molecule has 0 amide bonds. The Kier molecular flexibility index (Phi) is 10.5. The van der Waals surface area contributed by atoms with Crippen LogP contribution in [0, 0.1) is 0 Å². The van der Waals surface area contributed by atoms with Gasteiger partial charge in [0.25, 0.3) is 5.56 Å². The molecule has 1 aromatic heterocycles. The van der Waals surface area contributed by atoms with Crippen molar-refractivity contribution < 1.29 is 38.0 Å². The van der Waals surface area contributed by atoms with Gasteiger partial charge >= 0.3 is 11.9 Å². The molecule has 0 radical (unpaired) electrons. The zero-order chi connectivity index (χ0) is 32.0. The lowest BCUT2D eigenvalue weighted by atomic mass is 9.95. The Labute approximate surface area is 258 Å². The highest BCUT2D eigenvalue weighted by molar-refractivity contribution is 7.07. The molecule has 0 unspecified atom stereocenters. The van der Waals surface area contributed by atoms with E-state index >= 15 is 0 Å². The van der Waals surface area contributed by atoms with Crippen LogP contribution in [0.3, 0.4) is 0 Å². The summed E-state index contributed by atoms with van der Waals surface area (Å²) >= 11 is 1.21. The van der Waals surface area contributed by atoms with Crippen molar-refractivity contribution in [2.75, 3.05) is 34.0 Å². The van der Waals surface area contributed by atoms with E-state index in [0.29, 0.717) is 50.2 Å². The van der Waals surface area contributed by atoms with Gasteiger partial charge in [-0.15, -0.1) is 0 Å². The number of methoxy groups -OCH3 is 2. The second-order valence-electron chi connectivity index (χ2n) is 9.88. The SMILES string of the molecule is CCOC(=O)C1=C(C)N=c2s/c(=C\c3ccc(OC(C)C)c(OC)c3)c(=O)n2[C@H]1c1ccc(OCC(=O)OC)c(OCC)c1. The Morgan fingerprint density at radius 1 is 1.00 bits per heavy atom. The number of benzene rings is 2. The third kappa shape index (κ3) is 6.96.